The van der Waals surface area contributed by atoms with Gasteiger partial charge in [-0.3, -0.25) is 0 Å². The zero-order valence-electron chi connectivity index (χ0n) is 10.5. The number of carbonyl (C=O) groups is 1. The van der Waals surface area contributed by atoms with Gasteiger partial charge in [0.25, 0.3) is 0 Å². The number of para-hydroxylation sites is 1. The van der Waals surface area contributed by atoms with Gasteiger partial charge in [-0.15, -0.1) is 0 Å². The van der Waals surface area contributed by atoms with Gasteiger partial charge >= 0.3 is 22.4 Å². The molecule has 1 heterocycles. The maximum absolute atomic E-state index is 12.2. The Morgan fingerprint density at radius 2 is 2.00 bits per heavy atom. The minimum Gasteiger partial charge on any atom is -0.480 e. The molecule has 0 aromatic heterocycles. The number of halogens is 3. The van der Waals surface area contributed by atoms with Gasteiger partial charge in [0.1, 0.15) is 12.6 Å². The molecule has 21 heavy (non-hydrogen) atoms. The summed E-state index contributed by atoms with van der Waals surface area (Å²) >= 11 is 0. The van der Waals surface area contributed by atoms with E-state index in [1.165, 1.54) is 22.9 Å². The number of hydrogen-bond acceptors (Lipinski definition) is 3. The largest absolute Gasteiger partial charge is 0.480 e. The predicted molar refractivity (Wildman–Crippen MR) is 67.0 cm³/mol. The Hall–Kier alpha value is -1.81. The van der Waals surface area contributed by atoms with Gasteiger partial charge in [0.05, 0.1) is 5.69 Å². The molecule has 1 aliphatic heterocycles. The minimum atomic E-state index is -4.73. The van der Waals surface area contributed by atoms with Gasteiger partial charge in [0.15, 0.2) is 0 Å². The van der Waals surface area contributed by atoms with E-state index in [0.29, 0.717) is 9.87 Å². The molecule has 0 fully saturated rings. The molecule has 1 aliphatic rings. The molecule has 2 rings (SSSR count). The van der Waals surface area contributed by atoms with Crippen LogP contribution >= 0.6 is 0 Å². The smallest absolute Gasteiger partial charge is 0.402 e. The summed E-state index contributed by atoms with van der Waals surface area (Å²) in [6.45, 7) is -1.76. The Balaban J connectivity index is 2.36. The van der Waals surface area contributed by atoms with Gasteiger partial charge in [-0.25, -0.2) is 9.10 Å². The van der Waals surface area contributed by atoms with E-state index in [9.17, 15) is 26.4 Å². The second-order valence-electron chi connectivity index (χ2n) is 4.42. The van der Waals surface area contributed by atoms with E-state index in [1.54, 1.807) is 6.07 Å². The summed E-state index contributed by atoms with van der Waals surface area (Å²) in [5.74, 6) is -1.43. The fourth-order valence-electron chi connectivity index (χ4n) is 2.08. The first kappa shape index (κ1) is 15.6. The molecule has 10 heteroatoms. The highest BCUT2D eigenvalue weighted by Gasteiger charge is 2.42. The summed E-state index contributed by atoms with van der Waals surface area (Å²) in [4.78, 5) is 11.2. The van der Waals surface area contributed by atoms with Crippen molar-refractivity contribution >= 4 is 21.9 Å². The first-order valence-electron chi connectivity index (χ1n) is 5.78. The number of anilines is 1. The number of rotatable bonds is 4. The number of hydrogen-bond donors (Lipinski definition) is 2. The number of fused-ring (bicyclic) bond motifs is 1. The van der Waals surface area contributed by atoms with Crippen LogP contribution in [0.1, 0.15) is 5.56 Å². The van der Waals surface area contributed by atoms with E-state index in [-0.39, 0.29) is 12.1 Å². The standard InChI is InChI=1S/C11H11F3N2O4S/c12-11(13,14)6-15-21(19,20)16-8-4-2-1-3-7(8)5-9(16)10(17)18/h1-4,9,15H,5-6H2,(H,17,18). The van der Waals surface area contributed by atoms with E-state index in [0.717, 1.165) is 0 Å². The van der Waals surface area contributed by atoms with Crippen LogP contribution in [0.15, 0.2) is 24.3 Å². The predicted octanol–water partition coefficient (Wildman–Crippen LogP) is 0.899. The van der Waals surface area contributed by atoms with Gasteiger partial charge in [-0.05, 0) is 11.6 Å². The van der Waals surface area contributed by atoms with Crippen molar-refractivity contribution in [3.05, 3.63) is 29.8 Å². The Labute approximate surface area is 118 Å². The zero-order valence-corrected chi connectivity index (χ0v) is 11.3. The minimum absolute atomic E-state index is 0.0691. The van der Waals surface area contributed by atoms with Gasteiger partial charge in [-0.2, -0.15) is 26.3 Å². The normalized spacial score (nSPS) is 18.6. The lowest BCUT2D eigenvalue weighted by molar-refractivity contribution is -0.138. The number of nitrogens with zero attached hydrogens (tertiary/aromatic N) is 1. The lowest BCUT2D eigenvalue weighted by atomic mass is 10.1. The highest BCUT2D eigenvalue weighted by Crippen LogP contribution is 2.34. The van der Waals surface area contributed by atoms with Gasteiger partial charge in [0, 0.05) is 6.42 Å². The van der Waals surface area contributed by atoms with Gasteiger partial charge in [-0.1, -0.05) is 18.2 Å². The summed E-state index contributed by atoms with van der Waals surface area (Å²) in [6.07, 6.45) is -4.83. The Kier molecular flexibility index (Phi) is 3.85. The topological polar surface area (TPSA) is 86.7 Å². The summed E-state index contributed by atoms with van der Waals surface area (Å²) < 4.78 is 62.4. The van der Waals surface area contributed by atoms with Gasteiger partial charge in [0.2, 0.25) is 0 Å². The van der Waals surface area contributed by atoms with Crippen molar-refractivity contribution in [3.8, 4) is 0 Å². The Morgan fingerprint density at radius 3 is 2.57 bits per heavy atom. The number of carboxylic acid groups (broad SMARTS) is 1. The molecular weight excluding hydrogens is 313 g/mol. The third-order valence-corrected chi connectivity index (χ3v) is 4.40. The summed E-state index contributed by atoms with van der Waals surface area (Å²) in [5, 5.41) is 9.09. The molecule has 116 valence electrons. The molecule has 2 N–H and O–H groups in total. The number of nitrogens with one attached hydrogen (secondary N) is 1. The summed E-state index contributed by atoms with van der Waals surface area (Å²) in [5.41, 5.74) is 0.516. The monoisotopic (exact) mass is 324 g/mol. The average molecular weight is 324 g/mol. The van der Waals surface area contributed by atoms with Crippen molar-refractivity contribution in [2.45, 2.75) is 18.6 Å². The number of alkyl halides is 3. The molecule has 0 radical (unpaired) electrons. The molecule has 1 unspecified atom stereocenters. The fourth-order valence-corrected chi connectivity index (χ4v) is 3.51. The zero-order chi connectivity index (χ0) is 15.8. The first-order valence-corrected chi connectivity index (χ1v) is 7.22. The first-order chi connectivity index (χ1) is 9.62. The molecule has 0 saturated heterocycles. The number of aliphatic carboxylic acids is 1. The SMILES string of the molecule is O=C(O)C1Cc2ccccc2N1S(=O)(=O)NCC(F)(F)F. The van der Waals surface area contributed by atoms with Crippen molar-refractivity contribution in [1.82, 2.24) is 4.72 Å². The molecule has 1 atom stereocenters. The van der Waals surface area contributed by atoms with Crippen molar-refractivity contribution in [1.29, 1.82) is 0 Å². The summed E-state index contributed by atoms with van der Waals surface area (Å²) in [6, 6.07) is 4.50. The van der Waals surface area contributed by atoms with E-state index >= 15 is 0 Å². The van der Waals surface area contributed by atoms with Crippen LogP contribution in [0, 0.1) is 0 Å². The van der Waals surface area contributed by atoms with E-state index in [2.05, 4.69) is 0 Å². The van der Waals surface area contributed by atoms with E-state index in [4.69, 9.17) is 5.11 Å². The third kappa shape index (κ3) is 3.27. The molecular formula is C11H11F3N2O4S. The number of benzene rings is 1. The van der Waals surface area contributed by atoms with Crippen molar-refractivity contribution in [3.63, 3.8) is 0 Å². The van der Waals surface area contributed by atoms with Crippen molar-refractivity contribution < 1.29 is 31.5 Å². The average Bonchev–Trinajstić information content (AvgIpc) is 2.76. The van der Waals surface area contributed by atoms with Crippen LogP contribution in [0.25, 0.3) is 0 Å². The molecule has 0 spiro atoms. The molecule has 0 aliphatic carbocycles. The van der Waals surface area contributed by atoms with Crippen LogP contribution in [-0.4, -0.2) is 38.3 Å². The van der Waals surface area contributed by atoms with Crippen molar-refractivity contribution in [2.24, 2.45) is 0 Å². The highest BCUT2D eigenvalue weighted by atomic mass is 32.2. The maximum Gasteiger partial charge on any atom is 0.402 e. The van der Waals surface area contributed by atoms with E-state index in [1.807, 2.05) is 0 Å². The van der Waals surface area contributed by atoms with Crippen LogP contribution in [0.2, 0.25) is 0 Å². The Morgan fingerprint density at radius 1 is 1.38 bits per heavy atom. The summed E-state index contributed by atoms with van der Waals surface area (Å²) in [7, 11) is -4.62. The highest BCUT2D eigenvalue weighted by molar-refractivity contribution is 7.91. The second kappa shape index (κ2) is 5.19. The lowest BCUT2D eigenvalue weighted by Gasteiger charge is -2.24. The van der Waals surface area contributed by atoms with Crippen LogP contribution in [0.3, 0.4) is 0 Å². The van der Waals surface area contributed by atoms with Gasteiger partial charge < -0.3 is 5.11 Å². The molecule has 1 aromatic carbocycles. The van der Waals surface area contributed by atoms with Crippen LogP contribution < -0.4 is 9.03 Å². The molecule has 0 bridgehead atoms. The quantitative estimate of drug-likeness (QED) is 0.861. The van der Waals surface area contributed by atoms with Crippen LogP contribution in [-0.2, 0) is 21.4 Å². The Bertz CT molecular complexity index is 660. The molecule has 0 amide bonds. The molecule has 1 aromatic rings. The molecule has 0 saturated carbocycles. The third-order valence-electron chi connectivity index (χ3n) is 2.92. The second-order valence-corrected chi connectivity index (χ2v) is 6.06. The van der Waals surface area contributed by atoms with E-state index < -0.39 is 34.9 Å². The van der Waals surface area contributed by atoms with Crippen LogP contribution in [0.4, 0.5) is 18.9 Å². The lowest BCUT2D eigenvalue weighted by Crippen LogP contribution is -2.50. The van der Waals surface area contributed by atoms with Crippen molar-refractivity contribution in [2.75, 3.05) is 10.8 Å². The number of carboxylic acids is 1. The van der Waals surface area contributed by atoms with Crippen LogP contribution in [0.5, 0.6) is 0 Å². The molecule has 6 nitrogen and oxygen atoms in total. The maximum atomic E-state index is 12.2. The fraction of sp³-hybridized carbons (Fsp3) is 0.364.